The van der Waals surface area contributed by atoms with Crippen LogP contribution >= 0.6 is 23.3 Å². The lowest BCUT2D eigenvalue weighted by Crippen LogP contribution is -2.31. The lowest BCUT2D eigenvalue weighted by molar-refractivity contribution is 0.0128. The molecule has 1 aromatic carbocycles. The summed E-state index contributed by atoms with van der Waals surface area (Å²) in [4.78, 5) is 0. The average Bonchev–Trinajstić information content (AvgIpc) is 2.80. The Balaban J connectivity index is 2.21. The molecule has 0 aliphatic rings. The van der Waals surface area contributed by atoms with Crippen molar-refractivity contribution in [3.8, 4) is 0 Å². The minimum atomic E-state index is -0.173. The number of rotatable bonds is 5. The second kappa shape index (κ2) is 5.61. The highest BCUT2D eigenvalue weighted by Crippen LogP contribution is 2.31. The molecule has 0 amide bonds. The third-order valence-corrected chi connectivity index (χ3v) is 3.98. The van der Waals surface area contributed by atoms with Crippen LogP contribution in [-0.2, 0) is 4.74 Å². The van der Waals surface area contributed by atoms with E-state index in [9.17, 15) is 0 Å². The molecule has 0 aliphatic carbocycles. The first-order valence-electron chi connectivity index (χ1n) is 6.15. The molecule has 0 fully saturated rings. The number of aromatic nitrogens is 2. The fraction of sp³-hybridized carbons (Fsp3) is 0.538. The maximum absolute atomic E-state index is 6.25. The van der Waals surface area contributed by atoms with Crippen LogP contribution < -0.4 is 5.32 Å². The summed E-state index contributed by atoms with van der Waals surface area (Å²) >= 11 is 7.45. The summed E-state index contributed by atoms with van der Waals surface area (Å²) in [6, 6.07) is 3.96. The molecular weight excluding hydrogens is 282 g/mol. The van der Waals surface area contributed by atoms with Gasteiger partial charge in [0.15, 0.2) is 0 Å². The lowest BCUT2D eigenvalue weighted by atomic mass is 9.99. The number of anilines is 1. The van der Waals surface area contributed by atoms with Crippen LogP contribution in [-0.4, -0.2) is 27.5 Å². The van der Waals surface area contributed by atoms with Gasteiger partial charge in [0.25, 0.3) is 0 Å². The van der Waals surface area contributed by atoms with Crippen molar-refractivity contribution in [2.45, 2.75) is 38.8 Å². The lowest BCUT2D eigenvalue weighted by Gasteiger charge is -2.27. The molecule has 1 unspecified atom stereocenters. The molecule has 6 heteroatoms. The first kappa shape index (κ1) is 14.5. The Bertz CT molecular complexity index is 570. The molecule has 2 aromatic rings. The Kier molecular flexibility index (Phi) is 4.28. The van der Waals surface area contributed by atoms with Gasteiger partial charge in [-0.25, -0.2) is 0 Å². The third kappa shape index (κ3) is 3.35. The molecule has 0 saturated carbocycles. The summed E-state index contributed by atoms with van der Waals surface area (Å²) in [5.41, 5.74) is 2.38. The molecule has 19 heavy (non-hydrogen) atoms. The average molecular weight is 300 g/mol. The van der Waals surface area contributed by atoms with Gasteiger partial charge in [0.05, 0.1) is 28.0 Å². The quantitative estimate of drug-likeness (QED) is 0.908. The second-order valence-corrected chi connectivity index (χ2v) is 6.20. The minimum absolute atomic E-state index is 0.173. The van der Waals surface area contributed by atoms with E-state index >= 15 is 0 Å². The fourth-order valence-electron chi connectivity index (χ4n) is 2.08. The second-order valence-electron chi connectivity index (χ2n) is 5.27. The summed E-state index contributed by atoms with van der Waals surface area (Å²) in [6.45, 7) is 6.24. The first-order valence-corrected chi connectivity index (χ1v) is 7.26. The molecule has 0 saturated heterocycles. The van der Waals surface area contributed by atoms with E-state index in [1.807, 2.05) is 12.1 Å². The summed E-state index contributed by atoms with van der Waals surface area (Å²) in [5.74, 6) is 0. The minimum Gasteiger partial charge on any atom is -0.379 e. The zero-order valence-electron chi connectivity index (χ0n) is 11.5. The number of nitrogens with zero attached hydrogens (tertiary/aromatic N) is 2. The number of benzene rings is 1. The van der Waals surface area contributed by atoms with Gasteiger partial charge in [-0.3, -0.25) is 0 Å². The van der Waals surface area contributed by atoms with Crippen molar-refractivity contribution in [2.24, 2.45) is 0 Å². The van der Waals surface area contributed by atoms with Gasteiger partial charge in [-0.1, -0.05) is 11.6 Å². The zero-order valence-corrected chi connectivity index (χ0v) is 13.1. The van der Waals surface area contributed by atoms with E-state index in [4.69, 9.17) is 16.3 Å². The molecule has 0 bridgehead atoms. The number of methoxy groups -OCH3 is 1. The van der Waals surface area contributed by atoms with Crippen molar-refractivity contribution >= 4 is 40.0 Å². The Morgan fingerprint density at radius 3 is 2.84 bits per heavy atom. The van der Waals surface area contributed by atoms with Gasteiger partial charge in [0.1, 0.15) is 11.0 Å². The fourth-order valence-corrected chi connectivity index (χ4v) is 2.83. The highest BCUT2D eigenvalue weighted by molar-refractivity contribution is 7.00. The number of hydrogen-bond donors (Lipinski definition) is 1. The van der Waals surface area contributed by atoms with E-state index in [-0.39, 0.29) is 11.6 Å². The van der Waals surface area contributed by atoms with Gasteiger partial charge in [-0.2, -0.15) is 8.75 Å². The van der Waals surface area contributed by atoms with E-state index < -0.39 is 0 Å². The highest BCUT2D eigenvalue weighted by Gasteiger charge is 2.21. The number of hydrogen-bond acceptors (Lipinski definition) is 5. The van der Waals surface area contributed by atoms with E-state index in [1.54, 1.807) is 7.11 Å². The molecule has 1 aromatic heterocycles. The Morgan fingerprint density at radius 2 is 2.16 bits per heavy atom. The molecule has 4 nitrogen and oxygen atoms in total. The van der Waals surface area contributed by atoms with Gasteiger partial charge in [-0.15, -0.1) is 0 Å². The molecule has 1 atom stereocenters. The van der Waals surface area contributed by atoms with Crippen molar-refractivity contribution in [3.05, 3.63) is 17.2 Å². The van der Waals surface area contributed by atoms with Crippen molar-refractivity contribution in [3.63, 3.8) is 0 Å². The molecule has 2 rings (SSSR count). The highest BCUT2D eigenvalue weighted by atomic mass is 35.5. The third-order valence-electron chi connectivity index (χ3n) is 3.12. The van der Waals surface area contributed by atoms with E-state index in [2.05, 4.69) is 34.8 Å². The smallest absolute Gasteiger partial charge is 0.129 e. The van der Waals surface area contributed by atoms with Gasteiger partial charge in [0.2, 0.25) is 0 Å². The van der Waals surface area contributed by atoms with E-state index in [0.29, 0.717) is 5.02 Å². The Labute approximate surface area is 122 Å². The van der Waals surface area contributed by atoms with Crippen LogP contribution in [0.3, 0.4) is 0 Å². The van der Waals surface area contributed by atoms with Crippen LogP contribution in [0.5, 0.6) is 0 Å². The maximum Gasteiger partial charge on any atom is 0.129 e. The van der Waals surface area contributed by atoms with Gasteiger partial charge < -0.3 is 10.1 Å². The van der Waals surface area contributed by atoms with Crippen LogP contribution in [0.4, 0.5) is 5.69 Å². The van der Waals surface area contributed by atoms with Crippen LogP contribution in [0, 0.1) is 0 Å². The summed E-state index contributed by atoms with van der Waals surface area (Å²) in [7, 11) is 1.73. The summed E-state index contributed by atoms with van der Waals surface area (Å²) < 4.78 is 14.0. The van der Waals surface area contributed by atoms with Crippen molar-refractivity contribution in [2.75, 3.05) is 12.4 Å². The molecule has 104 valence electrons. The molecule has 1 heterocycles. The van der Waals surface area contributed by atoms with Gasteiger partial charge >= 0.3 is 0 Å². The van der Waals surface area contributed by atoms with Crippen molar-refractivity contribution < 1.29 is 4.74 Å². The molecular formula is C13H18ClN3OS. The number of ether oxygens (including phenoxy) is 1. The van der Waals surface area contributed by atoms with Crippen LogP contribution in [0.2, 0.25) is 5.02 Å². The monoisotopic (exact) mass is 299 g/mol. The topological polar surface area (TPSA) is 47.0 Å². The van der Waals surface area contributed by atoms with E-state index in [1.165, 1.54) is 11.7 Å². The standard InChI is InChI=1S/C13H18ClN3OS/c1-8(7-13(2,3)18-4)15-11-9(14)5-6-10-12(11)17-19-16-10/h5-6,8,15H,7H2,1-4H3. The van der Waals surface area contributed by atoms with Gasteiger partial charge in [0, 0.05) is 13.2 Å². The molecule has 0 radical (unpaired) electrons. The molecule has 0 spiro atoms. The maximum atomic E-state index is 6.25. The largest absolute Gasteiger partial charge is 0.379 e. The van der Waals surface area contributed by atoms with Crippen molar-refractivity contribution in [1.29, 1.82) is 0 Å². The normalized spacial score (nSPS) is 13.7. The van der Waals surface area contributed by atoms with E-state index in [0.717, 1.165) is 23.1 Å². The molecule has 1 N–H and O–H groups in total. The Morgan fingerprint density at radius 1 is 1.42 bits per heavy atom. The summed E-state index contributed by atoms with van der Waals surface area (Å²) in [5, 5.41) is 4.09. The number of fused-ring (bicyclic) bond motifs is 1. The number of halogens is 1. The summed E-state index contributed by atoms with van der Waals surface area (Å²) in [6.07, 6.45) is 0.869. The predicted octanol–water partition coefficient (Wildman–Crippen LogP) is 3.96. The zero-order chi connectivity index (χ0) is 14.0. The van der Waals surface area contributed by atoms with Crippen LogP contribution in [0.15, 0.2) is 12.1 Å². The van der Waals surface area contributed by atoms with Crippen LogP contribution in [0.25, 0.3) is 11.0 Å². The van der Waals surface area contributed by atoms with Gasteiger partial charge in [-0.05, 0) is 39.3 Å². The molecule has 0 aliphatic heterocycles. The van der Waals surface area contributed by atoms with Crippen LogP contribution in [0.1, 0.15) is 27.2 Å². The Hall–Kier alpha value is -0.910. The first-order chi connectivity index (χ1) is 8.93. The predicted molar refractivity (Wildman–Crippen MR) is 81.2 cm³/mol. The SMILES string of the molecule is COC(C)(C)CC(C)Nc1c(Cl)ccc2nsnc12. The van der Waals surface area contributed by atoms with Crippen molar-refractivity contribution in [1.82, 2.24) is 8.75 Å². The number of nitrogens with one attached hydrogen (secondary N) is 1.